The minimum Gasteiger partial charge on any atom is -0.506 e. The fourth-order valence-corrected chi connectivity index (χ4v) is 8.73. The van der Waals surface area contributed by atoms with Crippen molar-refractivity contribution in [2.75, 3.05) is 51.1 Å². The second-order valence-electron chi connectivity index (χ2n) is 13.8. The molecule has 3 saturated heterocycles. The zero-order valence-corrected chi connectivity index (χ0v) is 30.5. The molecule has 2 aromatic rings. The number of benzene rings is 2. The van der Waals surface area contributed by atoms with Crippen LogP contribution in [0.5, 0.6) is 5.75 Å². The number of aliphatic hydroxyl groups is 1. The predicted molar refractivity (Wildman–Crippen MR) is 189 cm³/mol. The maximum Gasteiger partial charge on any atom is 0.410 e. The first-order valence-corrected chi connectivity index (χ1v) is 18.6. The maximum absolute atomic E-state index is 14.0. The maximum atomic E-state index is 14.0. The molecule has 2 aromatic carbocycles. The van der Waals surface area contributed by atoms with Gasteiger partial charge in [-0.3, -0.25) is 4.79 Å². The number of hydrogen-bond acceptors (Lipinski definition) is 7. The van der Waals surface area contributed by atoms with Crippen molar-refractivity contribution in [3.8, 4) is 5.75 Å². The van der Waals surface area contributed by atoms with Crippen LogP contribution in [0.3, 0.4) is 0 Å². The summed E-state index contributed by atoms with van der Waals surface area (Å²) in [5.74, 6) is -0.163. The highest BCUT2D eigenvalue weighted by molar-refractivity contribution is 9.11. The van der Waals surface area contributed by atoms with Gasteiger partial charge in [-0.1, -0.05) is 18.2 Å². The number of anilines is 1. The van der Waals surface area contributed by atoms with Gasteiger partial charge in [-0.2, -0.15) is 0 Å². The van der Waals surface area contributed by atoms with E-state index in [1.807, 2.05) is 36.1 Å². The largest absolute Gasteiger partial charge is 0.506 e. The van der Waals surface area contributed by atoms with E-state index in [-0.39, 0.29) is 30.2 Å². The monoisotopic (exact) mass is 789 g/mol. The summed E-state index contributed by atoms with van der Waals surface area (Å²) in [7, 11) is 0. The first-order valence-electron chi connectivity index (χ1n) is 17.0. The fourth-order valence-electron chi connectivity index (χ4n) is 7.45. The Balaban J connectivity index is 1.08. The predicted octanol–water partition coefficient (Wildman–Crippen LogP) is 5.36. The minimum atomic E-state index is -1.03. The number of phenols is 1. The number of piperidine rings is 3. The average molecular weight is 792 g/mol. The standard InChI is InChI=1S/C35H45Br2N5O6/c1-35(47)11-18-39(19-12-35)25-7-13-40(14-8-25)32(44)30(22-23-20-27(36)31(43)28(37)21-23)48-34(46)41-15-9-26(10-16-41)42-17-6-24-4-2-3-5-29(24)38-33(42)45/h2-5,20-21,25-26,30,43,47H,6-19,22H2,1H3,(H,38,45)/t30-/m1/s1. The van der Waals surface area contributed by atoms with Crippen molar-refractivity contribution in [3.63, 3.8) is 0 Å². The molecule has 0 bridgehead atoms. The van der Waals surface area contributed by atoms with Gasteiger partial charge in [0.2, 0.25) is 0 Å². The molecule has 0 radical (unpaired) electrons. The van der Waals surface area contributed by atoms with Gasteiger partial charge in [0.25, 0.3) is 5.91 Å². The number of para-hydroxylation sites is 1. The Kier molecular flexibility index (Phi) is 10.9. The van der Waals surface area contributed by atoms with Crippen LogP contribution in [0.1, 0.15) is 56.6 Å². The van der Waals surface area contributed by atoms with Crippen LogP contribution in [0, 0.1) is 0 Å². The van der Waals surface area contributed by atoms with E-state index >= 15 is 0 Å². The summed E-state index contributed by atoms with van der Waals surface area (Å²) < 4.78 is 6.98. The van der Waals surface area contributed by atoms with Crippen molar-refractivity contribution in [1.29, 1.82) is 0 Å². The van der Waals surface area contributed by atoms with Crippen molar-refractivity contribution in [2.45, 2.75) is 82.1 Å². The van der Waals surface area contributed by atoms with Crippen molar-refractivity contribution in [3.05, 3.63) is 56.5 Å². The van der Waals surface area contributed by atoms with E-state index in [1.54, 1.807) is 21.9 Å². The lowest BCUT2D eigenvalue weighted by Gasteiger charge is -2.43. The number of amides is 4. The van der Waals surface area contributed by atoms with Crippen LogP contribution < -0.4 is 5.32 Å². The van der Waals surface area contributed by atoms with Crippen molar-refractivity contribution in [1.82, 2.24) is 19.6 Å². The highest BCUT2D eigenvalue weighted by Crippen LogP contribution is 2.34. The Bertz CT molecular complexity index is 1480. The first kappa shape index (κ1) is 35.0. The SMILES string of the molecule is CC1(O)CCN(C2CCN(C(=O)[C@@H](Cc3cc(Br)c(O)c(Br)c3)OC(=O)N3CCC(N4CCc5ccccc5NC4=O)CC3)CC2)CC1. The van der Waals surface area contributed by atoms with Crippen LogP contribution in [0.15, 0.2) is 45.3 Å². The zero-order valence-electron chi connectivity index (χ0n) is 27.4. The van der Waals surface area contributed by atoms with Crippen molar-refractivity contribution < 1.29 is 29.3 Å². The van der Waals surface area contributed by atoms with Crippen LogP contribution >= 0.6 is 31.9 Å². The lowest BCUT2D eigenvalue weighted by Crippen LogP contribution is -2.54. The molecule has 4 aliphatic heterocycles. The van der Waals surface area contributed by atoms with Gasteiger partial charge >= 0.3 is 12.1 Å². The van der Waals surface area contributed by atoms with E-state index in [0.717, 1.165) is 62.0 Å². The Morgan fingerprint density at radius 2 is 1.54 bits per heavy atom. The van der Waals surface area contributed by atoms with E-state index in [1.165, 1.54) is 0 Å². The summed E-state index contributed by atoms with van der Waals surface area (Å²) in [6, 6.07) is 11.6. The summed E-state index contributed by atoms with van der Waals surface area (Å²) in [5, 5.41) is 23.6. The molecule has 260 valence electrons. The molecule has 11 nitrogen and oxygen atoms in total. The summed E-state index contributed by atoms with van der Waals surface area (Å²) in [6.45, 7) is 6.19. The second-order valence-corrected chi connectivity index (χ2v) is 15.5. The number of likely N-dealkylation sites (tertiary alicyclic amines) is 3. The smallest absolute Gasteiger partial charge is 0.410 e. The third kappa shape index (κ3) is 8.11. The topological polar surface area (TPSA) is 126 Å². The number of hydrogen-bond donors (Lipinski definition) is 3. The van der Waals surface area contributed by atoms with Gasteiger partial charge in [0.15, 0.2) is 6.10 Å². The lowest BCUT2D eigenvalue weighted by molar-refractivity contribution is -0.142. The van der Waals surface area contributed by atoms with Crippen molar-refractivity contribution >= 4 is 55.6 Å². The summed E-state index contributed by atoms with van der Waals surface area (Å²) in [6.07, 6.45) is 3.75. The van der Waals surface area contributed by atoms with Gasteiger partial charge in [-0.05, 0) is 113 Å². The fraction of sp³-hybridized carbons (Fsp3) is 0.571. The average Bonchev–Trinajstić information content (AvgIpc) is 3.24. The Morgan fingerprint density at radius 1 is 0.938 bits per heavy atom. The van der Waals surface area contributed by atoms with E-state index in [2.05, 4.69) is 42.1 Å². The molecule has 0 unspecified atom stereocenters. The van der Waals surface area contributed by atoms with Gasteiger partial charge in [0, 0.05) is 70.0 Å². The Morgan fingerprint density at radius 3 is 2.21 bits per heavy atom. The number of ether oxygens (including phenoxy) is 1. The first-order chi connectivity index (χ1) is 23.0. The molecule has 1 atom stereocenters. The molecular weight excluding hydrogens is 746 g/mol. The molecular formula is C35H45Br2N5O6. The Hall–Kier alpha value is -2.87. The number of urea groups is 1. The molecule has 4 amide bonds. The van der Waals surface area contributed by atoms with E-state index in [4.69, 9.17) is 4.74 Å². The molecule has 3 N–H and O–H groups in total. The third-order valence-electron chi connectivity index (χ3n) is 10.5. The van der Waals surface area contributed by atoms with Gasteiger partial charge in [0.05, 0.1) is 14.5 Å². The van der Waals surface area contributed by atoms with Crippen molar-refractivity contribution in [2.24, 2.45) is 0 Å². The summed E-state index contributed by atoms with van der Waals surface area (Å²) in [5.41, 5.74) is 2.09. The normalized spacial score (nSPS) is 21.7. The number of phenolic OH excluding ortho intramolecular Hbond substituents is 1. The van der Waals surface area contributed by atoms with Crippen LogP contribution in [0.2, 0.25) is 0 Å². The lowest BCUT2D eigenvalue weighted by atomic mass is 9.91. The molecule has 0 spiro atoms. The second kappa shape index (κ2) is 14.9. The molecule has 0 aliphatic carbocycles. The molecule has 4 aliphatic rings. The van der Waals surface area contributed by atoms with Gasteiger partial charge in [-0.15, -0.1) is 0 Å². The number of nitrogens with zero attached hydrogens (tertiary/aromatic N) is 4. The molecule has 3 fully saturated rings. The number of fused-ring (bicyclic) bond motifs is 1. The quantitative estimate of drug-likeness (QED) is 0.360. The van der Waals surface area contributed by atoms with E-state index < -0.39 is 17.8 Å². The summed E-state index contributed by atoms with van der Waals surface area (Å²) in [4.78, 5) is 48.4. The molecule has 4 heterocycles. The number of nitrogens with one attached hydrogen (secondary N) is 1. The van der Waals surface area contributed by atoms with Gasteiger partial charge in [-0.25, -0.2) is 9.59 Å². The number of carbonyl (C=O) groups excluding carboxylic acids is 3. The zero-order chi connectivity index (χ0) is 34.0. The third-order valence-corrected chi connectivity index (χ3v) is 11.7. The highest BCUT2D eigenvalue weighted by Gasteiger charge is 2.37. The van der Waals surface area contributed by atoms with Crippen LogP contribution in [-0.2, 0) is 22.4 Å². The number of aromatic hydroxyl groups is 1. The molecule has 48 heavy (non-hydrogen) atoms. The van der Waals surface area contributed by atoms with E-state index in [9.17, 15) is 24.6 Å². The minimum absolute atomic E-state index is 0.000175. The number of halogens is 2. The molecule has 0 aromatic heterocycles. The number of rotatable bonds is 6. The molecule has 13 heteroatoms. The van der Waals surface area contributed by atoms with Gasteiger partial charge < -0.3 is 39.9 Å². The van der Waals surface area contributed by atoms with Crippen LogP contribution in [-0.4, -0.2) is 117 Å². The van der Waals surface area contributed by atoms with Crippen LogP contribution in [0.4, 0.5) is 15.3 Å². The van der Waals surface area contributed by atoms with E-state index in [0.29, 0.717) is 60.6 Å². The molecule has 6 rings (SSSR count). The summed E-state index contributed by atoms with van der Waals surface area (Å²) >= 11 is 6.75. The number of carbonyl (C=O) groups is 3. The van der Waals surface area contributed by atoms with Crippen LogP contribution in [0.25, 0.3) is 0 Å². The van der Waals surface area contributed by atoms with Gasteiger partial charge in [0.1, 0.15) is 5.75 Å². The molecule has 0 saturated carbocycles. The highest BCUT2D eigenvalue weighted by atomic mass is 79.9. The Labute approximate surface area is 298 Å².